The first-order chi connectivity index (χ1) is 14.9. The Morgan fingerprint density at radius 3 is 2.29 bits per heavy atom. The van der Waals surface area contributed by atoms with Gasteiger partial charge in [-0.15, -0.1) is 0 Å². The number of amides is 2. The van der Waals surface area contributed by atoms with Crippen LogP contribution in [-0.4, -0.2) is 23.3 Å². The fraction of sp³-hybridized carbons (Fsp3) is 0.130. The summed E-state index contributed by atoms with van der Waals surface area (Å²) in [6, 6.07) is 21.4. The summed E-state index contributed by atoms with van der Waals surface area (Å²) in [5, 5.41) is 16.3. The Bertz CT molecular complexity index is 1070. The first-order valence-electron chi connectivity index (χ1n) is 9.56. The van der Waals surface area contributed by atoms with Crippen LogP contribution in [0.5, 0.6) is 5.75 Å². The van der Waals surface area contributed by atoms with E-state index in [4.69, 9.17) is 4.74 Å². The molecule has 0 radical (unpaired) electrons. The van der Waals surface area contributed by atoms with Crippen molar-refractivity contribution in [3.05, 3.63) is 100 Å². The number of carbonyl (C=O) groups excluding carboxylic acids is 2. The highest BCUT2D eigenvalue weighted by Gasteiger charge is 2.16. The van der Waals surface area contributed by atoms with E-state index in [9.17, 15) is 19.7 Å². The maximum atomic E-state index is 12.7. The van der Waals surface area contributed by atoms with E-state index in [0.717, 1.165) is 5.56 Å². The minimum Gasteiger partial charge on any atom is -0.484 e. The molecule has 0 aliphatic rings. The Kier molecular flexibility index (Phi) is 6.95. The van der Waals surface area contributed by atoms with Gasteiger partial charge < -0.3 is 15.4 Å². The highest BCUT2D eigenvalue weighted by atomic mass is 16.6. The molecule has 8 heteroatoms. The molecule has 3 aromatic rings. The summed E-state index contributed by atoms with van der Waals surface area (Å²) >= 11 is 0. The summed E-state index contributed by atoms with van der Waals surface area (Å²) in [4.78, 5) is 35.2. The Labute approximate surface area is 179 Å². The molecule has 0 saturated heterocycles. The fourth-order valence-electron chi connectivity index (χ4n) is 2.89. The van der Waals surface area contributed by atoms with Gasteiger partial charge in [0.05, 0.1) is 22.2 Å². The number of anilines is 1. The lowest BCUT2D eigenvalue weighted by atomic mass is 10.1. The Balaban J connectivity index is 1.61. The molecule has 8 nitrogen and oxygen atoms in total. The van der Waals surface area contributed by atoms with Crippen molar-refractivity contribution in [2.45, 2.75) is 13.0 Å². The predicted molar refractivity (Wildman–Crippen MR) is 116 cm³/mol. The summed E-state index contributed by atoms with van der Waals surface area (Å²) in [5.74, 6) is -0.457. The maximum absolute atomic E-state index is 12.7. The highest BCUT2D eigenvalue weighted by Crippen LogP contribution is 2.19. The average molecular weight is 419 g/mol. The second-order valence-electron chi connectivity index (χ2n) is 6.74. The Hall–Kier alpha value is -4.20. The van der Waals surface area contributed by atoms with Gasteiger partial charge in [-0.1, -0.05) is 42.5 Å². The zero-order chi connectivity index (χ0) is 22.2. The summed E-state index contributed by atoms with van der Waals surface area (Å²) in [6.45, 7) is 1.57. The minimum absolute atomic E-state index is 0.0681. The zero-order valence-electron chi connectivity index (χ0n) is 16.8. The quantitative estimate of drug-likeness (QED) is 0.422. The van der Waals surface area contributed by atoms with Crippen molar-refractivity contribution < 1.29 is 19.2 Å². The van der Waals surface area contributed by atoms with Gasteiger partial charge in [0.25, 0.3) is 17.5 Å². The number of para-hydroxylation sites is 1. The van der Waals surface area contributed by atoms with Crippen LogP contribution in [0.15, 0.2) is 78.9 Å². The topological polar surface area (TPSA) is 111 Å². The Morgan fingerprint density at radius 1 is 0.968 bits per heavy atom. The molecule has 0 bridgehead atoms. The van der Waals surface area contributed by atoms with Crippen molar-refractivity contribution in [3.63, 3.8) is 0 Å². The fourth-order valence-corrected chi connectivity index (χ4v) is 2.89. The first kappa shape index (κ1) is 21.5. The smallest absolute Gasteiger partial charge is 0.269 e. The molecule has 2 amide bonds. The molecule has 0 heterocycles. The molecule has 1 atom stereocenters. The molecule has 0 aliphatic carbocycles. The van der Waals surface area contributed by atoms with Crippen LogP contribution in [0.4, 0.5) is 11.4 Å². The van der Waals surface area contributed by atoms with Crippen molar-refractivity contribution >= 4 is 23.2 Å². The molecular weight excluding hydrogens is 398 g/mol. The van der Waals surface area contributed by atoms with E-state index < -0.39 is 10.8 Å². The number of hydrogen-bond acceptors (Lipinski definition) is 5. The van der Waals surface area contributed by atoms with Gasteiger partial charge in [-0.2, -0.15) is 0 Å². The van der Waals surface area contributed by atoms with Crippen LogP contribution in [0.3, 0.4) is 0 Å². The van der Waals surface area contributed by atoms with Gasteiger partial charge in [0, 0.05) is 12.1 Å². The van der Waals surface area contributed by atoms with Crippen LogP contribution in [0.1, 0.15) is 28.9 Å². The number of nitrogens with one attached hydrogen (secondary N) is 2. The van der Waals surface area contributed by atoms with Crippen LogP contribution >= 0.6 is 0 Å². The lowest BCUT2D eigenvalue weighted by Crippen LogP contribution is -2.28. The Morgan fingerprint density at radius 2 is 1.61 bits per heavy atom. The van der Waals surface area contributed by atoms with E-state index in [-0.39, 0.29) is 24.2 Å². The lowest BCUT2D eigenvalue weighted by Gasteiger charge is -2.16. The van der Waals surface area contributed by atoms with Gasteiger partial charge >= 0.3 is 0 Å². The van der Waals surface area contributed by atoms with E-state index in [1.807, 2.05) is 37.3 Å². The van der Waals surface area contributed by atoms with Crippen molar-refractivity contribution in [3.8, 4) is 5.75 Å². The van der Waals surface area contributed by atoms with Gasteiger partial charge in [-0.05, 0) is 36.8 Å². The summed E-state index contributed by atoms with van der Waals surface area (Å²) in [6.07, 6.45) is 0. The van der Waals surface area contributed by atoms with Crippen molar-refractivity contribution in [1.82, 2.24) is 5.32 Å². The van der Waals surface area contributed by atoms with Crippen LogP contribution < -0.4 is 15.4 Å². The number of nitro benzene ring substituents is 1. The second-order valence-corrected chi connectivity index (χ2v) is 6.74. The maximum Gasteiger partial charge on any atom is 0.269 e. The third kappa shape index (κ3) is 5.89. The molecule has 0 fully saturated rings. The number of hydrogen-bond donors (Lipinski definition) is 2. The standard InChI is InChI=1S/C23H21N3O5/c1-16(17-7-3-2-4-8-17)24-23(28)20-9-5-6-10-21(20)25-22(27)15-31-19-13-11-18(12-14-19)26(29)30/h2-14,16H,15H2,1H3,(H,24,28)(H,25,27). The molecule has 0 aliphatic heterocycles. The van der Waals surface area contributed by atoms with Crippen LogP contribution in [0.25, 0.3) is 0 Å². The third-order valence-electron chi connectivity index (χ3n) is 4.51. The molecule has 31 heavy (non-hydrogen) atoms. The summed E-state index contributed by atoms with van der Waals surface area (Å²) < 4.78 is 5.36. The molecule has 3 aromatic carbocycles. The van der Waals surface area contributed by atoms with Crippen molar-refractivity contribution in [2.24, 2.45) is 0 Å². The monoisotopic (exact) mass is 419 g/mol. The molecule has 158 valence electrons. The number of rotatable bonds is 8. The molecule has 2 N–H and O–H groups in total. The van der Waals surface area contributed by atoms with Crippen molar-refractivity contribution in [1.29, 1.82) is 0 Å². The van der Waals surface area contributed by atoms with Gasteiger partial charge in [0.2, 0.25) is 0 Å². The predicted octanol–water partition coefficient (Wildman–Crippen LogP) is 4.10. The average Bonchev–Trinajstić information content (AvgIpc) is 2.79. The first-order valence-corrected chi connectivity index (χ1v) is 9.56. The normalized spacial score (nSPS) is 11.3. The number of benzene rings is 3. The van der Waals surface area contributed by atoms with E-state index in [1.165, 1.54) is 24.3 Å². The van der Waals surface area contributed by atoms with Gasteiger partial charge in [0.15, 0.2) is 6.61 Å². The number of carbonyl (C=O) groups is 2. The van der Waals surface area contributed by atoms with Crippen molar-refractivity contribution in [2.75, 3.05) is 11.9 Å². The van der Waals surface area contributed by atoms with Crippen LogP contribution in [0, 0.1) is 10.1 Å². The number of ether oxygens (including phenoxy) is 1. The molecular formula is C23H21N3O5. The largest absolute Gasteiger partial charge is 0.484 e. The SMILES string of the molecule is CC(NC(=O)c1ccccc1NC(=O)COc1ccc([N+](=O)[O-])cc1)c1ccccc1. The van der Waals surface area contributed by atoms with E-state index in [2.05, 4.69) is 10.6 Å². The molecule has 0 spiro atoms. The summed E-state index contributed by atoms with van der Waals surface area (Å²) in [5.41, 5.74) is 1.59. The summed E-state index contributed by atoms with van der Waals surface area (Å²) in [7, 11) is 0. The van der Waals surface area contributed by atoms with Crippen LogP contribution in [0.2, 0.25) is 0 Å². The highest BCUT2D eigenvalue weighted by molar-refractivity contribution is 6.04. The minimum atomic E-state index is -0.517. The molecule has 0 saturated carbocycles. The molecule has 1 unspecified atom stereocenters. The number of nitrogens with zero attached hydrogens (tertiary/aromatic N) is 1. The number of non-ortho nitro benzene ring substituents is 1. The third-order valence-corrected chi connectivity index (χ3v) is 4.51. The van der Waals surface area contributed by atoms with E-state index in [0.29, 0.717) is 17.0 Å². The van der Waals surface area contributed by atoms with Gasteiger partial charge in [0.1, 0.15) is 5.75 Å². The van der Waals surface area contributed by atoms with E-state index in [1.54, 1.807) is 24.3 Å². The van der Waals surface area contributed by atoms with Crippen LogP contribution in [-0.2, 0) is 4.79 Å². The molecule has 0 aromatic heterocycles. The van der Waals surface area contributed by atoms with Gasteiger partial charge in [-0.3, -0.25) is 19.7 Å². The molecule has 3 rings (SSSR count). The van der Waals surface area contributed by atoms with Gasteiger partial charge in [-0.25, -0.2) is 0 Å². The number of nitro groups is 1. The van der Waals surface area contributed by atoms with E-state index >= 15 is 0 Å². The second kappa shape index (κ2) is 10.0. The lowest BCUT2D eigenvalue weighted by molar-refractivity contribution is -0.384. The zero-order valence-corrected chi connectivity index (χ0v) is 16.8.